The first-order valence-corrected chi connectivity index (χ1v) is 13.2. The van der Waals surface area contributed by atoms with E-state index in [0.29, 0.717) is 26.2 Å². The minimum absolute atomic E-state index is 0.0105. The highest BCUT2D eigenvalue weighted by molar-refractivity contribution is 7.92. The van der Waals surface area contributed by atoms with E-state index in [-0.39, 0.29) is 39.4 Å². The van der Waals surface area contributed by atoms with Crippen LogP contribution in [0.5, 0.6) is 0 Å². The number of sulfonamides is 1. The molecule has 0 N–H and O–H groups in total. The Balaban J connectivity index is 1.83. The topological polar surface area (TPSA) is 84.0 Å². The van der Waals surface area contributed by atoms with E-state index in [1.165, 1.54) is 16.4 Å². The van der Waals surface area contributed by atoms with E-state index in [0.717, 1.165) is 13.1 Å². The molecule has 0 aliphatic carbocycles. The van der Waals surface area contributed by atoms with Gasteiger partial charge in [-0.15, -0.1) is 0 Å². The quantitative estimate of drug-likeness (QED) is 0.604. The fraction of sp³-hybridized carbons (Fsp3) is 0.647. The van der Waals surface area contributed by atoms with Gasteiger partial charge in [-0.3, -0.25) is 4.90 Å². The van der Waals surface area contributed by atoms with Crippen molar-refractivity contribution in [3.05, 3.63) is 28.2 Å². The number of hydrogen-bond acceptors (Lipinski definition) is 6. The predicted octanol–water partition coefficient (Wildman–Crippen LogP) is 1.89. The van der Waals surface area contributed by atoms with Gasteiger partial charge in [0.15, 0.2) is 9.84 Å². The summed E-state index contributed by atoms with van der Waals surface area (Å²) in [6.45, 7) is 3.87. The van der Waals surface area contributed by atoms with Gasteiger partial charge in [0.25, 0.3) is 0 Å². The van der Waals surface area contributed by atoms with Gasteiger partial charge in [-0.1, -0.05) is 29.3 Å². The molecular formula is C17H24Cl2N2O5S2. The van der Waals surface area contributed by atoms with Gasteiger partial charge >= 0.3 is 0 Å². The summed E-state index contributed by atoms with van der Waals surface area (Å²) in [7, 11) is -7.28. The number of nitrogens with zero attached hydrogens (tertiary/aromatic N) is 2. The average molecular weight is 471 g/mol. The molecule has 1 aromatic rings. The van der Waals surface area contributed by atoms with Gasteiger partial charge < -0.3 is 4.74 Å². The molecule has 1 unspecified atom stereocenters. The van der Waals surface area contributed by atoms with E-state index in [1.54, 1.807) is 6.07 Å². The third-order valence-electron chi connectivity index (χ3n) is 5.06. The molecule has 0 aromatic heterocycles. The molecule has 0 spiro atoms. The van der Waals surface area contributed by atoms with E-state index >= 15 is 0 Å². The summed E-state index contributed by atoms with van der Waals surface area (Å²) in [6, 6.07) is 3.91. The summed E-state index contributed by atoms with van der Waals surface area (Å²) in [6.07, 6.45) is 0.860. The maximum atomic E-state index is 13.4. The zero-order chi connectivity index (χ0) is 20.4. The molecule has 2 aliphatic heterocycles. The van der Waals surface area contributed by atoms with Crippen LogP contribution in [0.2, 0.25) is 10.0 Å². The average Bonchev–Trinajstić information content (AvgIpc) is 2.98. The molecule has 1 atom stereocenters. The second-order valence-corrected chi connectivity index (χ2v) is 11.9. The van der Waals surface area contributed by atoms with Crippen molar-refractivity contribution in [2.45, 2.75) is 23.8 Å². The summed E-state index contributed by atoms with van der Waals surface area (Å²) in [5.74, 6) is -0.185. The Morgan fingerprint density at radius 2 is 1.82 bits per heavy atom. The van der Waals surface area contributed by atoms with E-state index < -0.39 is 25.9 Å². The van der Waals surface area contributed by atoms with Crippen LogP contribution < -0.4 is 0 Å². The number of morpholine rings is 1. The highest BCUT2D eigenvalue weighted by atomic mass is 35.5. The smallest absolute Gasteiger partial charge is 0.246 e. The lowest BCUT2D eigenvalue weighted by molar-refractivity contribution is 0.0367. The van der Waals surface area contributed by atoms with E-state index in [9.17, 15) is 16.8 Å². The van der Waals surface area contributed by atoms with Gasteiger partial charge in [0.05, 0.1) is 34.8 Å². The van der Waals surface area contributed by atoms with Crippen LogP contribution in [0.4, 0.5) is 0 Å². The number of ether oxygens (including phenoxy) is 1. The molecule has 2 fully saturated rings. The Hall–Kier alpha value is -0.420. The minimum Gasteiger partial charge on any atom is -0.379 e. The van der Waals surface area contributed by atoms with Crippen LogP contribution in [0, 0.1) is 0 Å². The van der Waals surface area contributed by atoms with E-state index in [2.05, 4.69) is 4.90 Å². The zero-order valence-corrected chi connectivity index (χ0v) is 18.5. The summed E-state index contributed by atoms with van der Waals surface area (Å²) in [5.41, 5.74) is 0. The summed E-state index contributed by atoms with van der Waals surface area (Å²) < 4.78 is 57.3. The molecule has 0 bridgehead atoms. The molecular weight excluding hydrogens is 447 g/mol. The fourth-order valence-electron chi connectivity index (χ4n) is 3.62. The number of benzene rings is 1. The van der Waals surface area contributed by atoms with Crippen molar-refractivity contribution in [2.75, 3.05) is 50.9 Å². The van der Waals surface area contributed by atoms with Crippen LogP contribution in [0.25, 0.3) is 0 Å². The lowest BCUT2D eigenvalue weighted by atomic mass is 10.2. The zero-order valence-electron chi connectivity index (χ0n) is 15.4. The Bertz CT molecular complexity index is 882. The first-order valence-electron chi connectivity index (χ1n) is 9.17. The van der Waals surface area contributed by atoms with Crippen molar-refractivity contribution >= 4 is 43.1 Å². The Morgan fingerprint density at radius 3 is 2.39 bits per heavy atom. The highest BCUT2D eigenvalue weighted by Crippen LogP contribution is 2.34. The van der Waals surface area contributed by atoms with Crippen molar-refractivity contribution in [3.8, 4) is 0 Å². The Labute approximate surface area is 176 Å². The van der Waals surface area contributed by atoms with Crippen molar-refractivity contribution in [1.29, 1.82) is 0 Å². The maximum Gasteiger partial charge on any atom is 0.246 e. The number of rotatable bonds is 7. The predicted molar refractivity (Wildman–Crippen MR) is 109 cm³/mol. The standard InChI is InChI=1S/C17H24Cl2N2O5S2/c18-15-3-1-4-16(19)17(15)28(24,25)21(14-5-12-27(22,23)13-14)7-2-6-20-8-10-26-11-9-20/h1,3-4,14H,2,5-13H2. The summed E-state index contributed by atoms with van der Waals surface area (Å²) in [5, 5.41) is 0.0677. The minimum atomic E-state index is -4.04. The van der Waals surface area contributed by atoms with Crippen molar-refractivity contribution in [1.82, 2.24) is 9.21 Å². The number of hydrogen-bond donors (Lipinski definition) is 0. The lowest BCUT2D eigenvalue weighted by Crippen LogP contribution is -2.43. The lowest BCUT2D eigenvalue weighted by Gasteiger charge is -2.30. The third-order valence-corrected chi connectivity index (χ3v) is 9.72. The second-order valence-electron chi connectivity index (χ2n) is 7.03. The van der Waals surface area contributed by atoms with Crippen LogP contribution in [-0.4, -0.2) is 83.0 Å². The normalized spacial score (nSPS) is 23.3. The van der Waals surface area contributed by atoms with Gasteiger partial charge in [0.1, 0.15) is 4.90 Å². The first kappa shape index (κ1) is 22.3. The van der Waals surface area contributed by atoms with Gasteiger partial charge in [-0.25, -0.2) is 16.8 Å². The van der Waals surface area contributed by atoms with Crippen LogP contribution >= 0.6 is 23.2 Å². The SMILES string of the molecule is O=S1(=O)CCC(N(CCCN2CCOCC2)S(=O)(=O)c2c(Cl)cccc2Cl)C1. The molecule has 11 heteroatoms. The van der Waals surface area contributed by atoms with Crippen LogP contribution in [0.15, 0.2) is 23.1 Å². The molecule has 0 amide bonds. The first-order chi connectivity index (χ1) is 13.2. The third kappa shape index (κ3) is 5.19. The summed E-state index contributed by atoms with van der Waals surface area (Å²) >= 11 is 12.3. The molecule has 1 aromatic carbocycles. The molecule has 28 heavy (non-hydrogen) atoms. The molecule has 2 saturated heterocycles. The van der Waals surface area contributed by atoms with Crippen molar-refractivity contribution in [3.63, 3.8) is 0 Å². The van der Waals surface area contributed by atoms with Gasteiger partial charge in [0.2, 0.25) is 10.0 Å². The van der Waals surface area contributed by atoms with Crippen molar-refractivity contribution < 1.29 is 21.6 Å². The monoisotopic (exact) mass is 470 g/mol. The summed E-state index contributed by atoms with van der Waals surface area (Å²) in [4.78, 5) is 2.05. The molecule has 0 radical (unpaired) electrons. The van der Waals surface area contributed by atoms with Gasteiger partial charge in [-0.2, -0.15) is 4.31 Å². The molecule has 158 valence electrons. The molecule has 2 aliphatic rings. The van der Waals surface area contributed by atoms with E-state index in [1.807, 2.05) is 0 Å². The van der Waals surface area contributed by atoms with Crippen LogP contribution in [-0.2, 0) is 24.6 Å². The second kappa shape index (κ2) is 9.16. The van der Waals surface area contributed by atoms with Gasteiger partial charge in [-0.05, 0) is 31.5 Å². The number of halogens is 2. The van der Waals surface area contributed by atoms with Crippen molar-refractivity contribution in [2.24, 2.45) is 0 Å². The maximum absolute atomic E-state index is 13.4. The Kier molecular flexibility index (Phi) is 7.28. The number of sulfone groups is 1. The van der Waals surface area contributed by atoms with Crippen LogP contribution in [0.1, 0.15) is 12.8 Å². The molecule has 3 rings (SSSR count). The van der Waals surface area contributed by atoms with Crippen LogP contribution in [0.3, 0.4) is 0 Å². The highest BCUT2D eigenvalue weighted by Gasteiger charge is 2.40. The Morgan fingerprint density at radius 1 is 1.18 bits per heavy atom. The molecule has 2 heterocycles. The molecule has 0 saturated carbocycles. The van der Waals surface area contributed by atoms with Gasteiger partial charge in [0, 0.05) is 25.7 Å². The fourth-order valence-corrected chi connectivity index (χ4v) is 8.24. The largest absolute Gasteiger partial charge is 0.379 e. The van der Waals surface area contributed by atoms with E-state index in [4.69, 9.17) is 27.9 Å². The molecule has 7 nitrogen and oxygen atoms in total.